The van der Waals surface area contributed by atoms with Gasteiger partial charge >= 0.3 is 0 Å². The van der Waals surface area contributed by atoms with Gasteiger partial charge in [-0.15, -0.1) is 0 Å². The Bertz CT molecular complexity index is 1450. The van der Waals surface area contributed by atoms with Crippen LogP contribution in [0.25, 0.3) is 57.7 Å². The first-order chi connectivity index (χ1) is 14.3. The summed E-state index contributed by atoms with van der Waals surface area (Å²) in [7, 11) is 0. The lowest BCUT2D eigenvalue weighted by Gasteiger charge is -1.91. The molecule has 4 aromatic heterocycles. The number of nitrogens with one attached hydrogen (secondary N) is 2. The van der Waals surface area contributed by atoms with Crippen LogP contribution >= 0.6 is 0 Å². The summed E-state index contributed by atoms with van der Waals surface area (Å²) >= 11 is 0. The molecule has 0 spiro atoms. The fourth-order valence-corrected chi connectivity index (χ4v) is 3.65. The summed E-state index contributed by atoms with van der Waals surface area (Å²) in [6.07, 6.45) is 9.75. The molecule has 6 rings (SSSR count). The Labute approximate surface area is 166 Å². The van der Waals surface area contributed by atoms with Gasteiger partial charge in [0, 0.05) is 22.1 Å². The molecule has 138 valence electrons. The second-order valence-electron chi connectivity index (χ2n) is 7.07. The SMILES string of the molecule is C1=Cc2cc3cc(-c4ccco4)c(cc4nc(cc5ccc(cc1n2)[nH]5)C=C4)[nH]3. The van der Waals surface area contributed by atoms with Crippen molar-refractivity contribution in [2.24, 2.45) is 0 Å². The van der Waals surface area contributed by atoms with Crippen molar-refractivity contribution in [1.82, 2.24) is 19.9 Å². The fraction of sp³-hybridized carbons (Fsp3) is 0. The average molecular weight is 376 g/mol. The van der Waals surface area contributed by atoms with Gasteiger partial charge in [0.05, 0.1) is 34.6 Å². The van der Waals surface area contributed by atoms with Gasteiger partial charge in [0.2, 0.25) is 0 Å². The van der Waals surface area contributed by atoms with Crippen molar-refractivity contribution in [2.45, 2.75) is 0 Å². The summed E-state index contributed by atoms with van der Waals surface area (Å²) in [4.78, 5) is 16.3. The second kappa shape index (κ2) is 6.21. The zero-order chi connectivity index (χ0) is 19.2. The molecule has 29 heavy (non-hydrogen) atoms. The third-order valence-corrected chi connectivity index (χ3v) is 4.96. The monoisotopic (exact) mass is 376 g/mol. The van der Waals surface area contributed by atoms with Crippen LogP contribution < -0.4 is 0 Å². The minimum absolute atomic E-state index is 0.812. The minimum Gasteiger partial charge on any atom is -0.464 e. The Morgan fingerprint density at radius 2 is 1.24 bits per heavy atom. The molecule has 2 aliphatic heterocycles. The van der Waals surface area contributed by atoms with Crippen LogP contribution in [0.15, 0.2) is 65.3 Å². The van der Waals surface area contributed by atoms with E-state index >= 15 is 0 Å². The molecule has 4 aromatic rings. The van der Waals surface area contributed by atoms with Crippen LogP contribution in [0.1, 0.15) is 22.8 Å². The standard InChI is InChI=1S/C24H16N4O/c1-2-24(29-9-1)22-13-21-12-19-6-5-17(26-19)10-15-3-4-16(25-15)11-18-7-8-20(27-18)14-23(22)28-21/h1-14,25,28H. The third kappa shape index (κ3) is 2.99. The highest BCUT2D eigenvalue weighted by molar-refractivity contribution is 5.86. The smallest absolute Gasteiger partial charge is 0.136 e. The van der Waals surface area contributed by atoms with Gasteiger partial charge in [-0.2, -0.15) is 0 Å². The van der Waals surface area contributed by atoms with Gasteiger partial charge in [-0.25, -0.2) is 9.97 Å². The second-order valence-corrected chi connectivity index (χ2v) is 7.07. The van der Waals surface area contributed by atoms with E-state index in [0.717, 1.165) is 56.2 Å². The van der Waals surface area contributed by atoms with Crippen molar-refractivity contribution < 1.29 is 4.42 Å². The van der Waals surface area contributed by atoms with Crippen LogP contribution in [-0.4, -0.2) is 19.9 Å². The van der Waals surface area contributed by atoms with Crippen molar-refractivity contribution in [3.63, 3.8) is 0 Å². The minimum atomic E-state index is 0.812. The molecule has 0 unspecified atom stereocenters. The van der Waals surface area contributed by atoms with E-state index in [2.05, 4.69) is 16.0 Å². The topological polar surface area (TPSA) is 70.5 Å². The molecule has 0 radical (unpaired) electrons. The van der Waals surface area contributed by atoms with Gasteiger partial charge in [-0.05, 0) is 78.9 Å². The van der Waals surface area contributed by atoms with Crippen LogP contribution in [0, 0.1) is 0 Å². The molecule has 0 saturated heterocycles. The van der Waals surface area contributed by atoms with Gasteiger partial charge in [0.1, 0.15) is 5.76 Å². The fourth-order valence-electron chi connectivity index (χ4n) is 3.65. The van der Waals surface area contributed by atoms with Gasteiger partial charge in [0.15, 0.2) is 0 Å². The lowest BCUT2D eigenvalue weighted by Crippen LogP contribution is -1.76. The van der Waals surface area contributed by atoms with Crippen LogP contribution in [0.2, 0.25) is 0 Å². The Kier molecular flexibility index (Phi) is 3.40. The number of aromatic amines is 2. The van der Waals surface area contributed by atoms with Crippen LogP contribution in [-0.2, 0) is 0 Å². The largest absolute Gasteiger partial charge is 0.464 e. The van der Waals surface area contributed by atoms with E-state index in [1.54, 1.807) is 6.26 Å². The van der Waals surface area contributed by atoms with Crippen molar-refractivity contribution in [1.29, 1.82) is 0 Å². The lowest BCUT2D eigenvalue weighted by atomic mass is 10.2. The summed E-state index contributed by atoms with van der Waals surface area (Å²) in [6.45, 7) is 0. The maximum absolute atomic E-state index is 5.65. The molecule has 6 heterocycles. The normalized spacial score (nSPS) is 12.6. The van der Waals surface area contributed by atoms with E-state index in [1.807, 2.05) is 72.8 Å². The summed E-state index contributed by atoms with van der Waals surface area (Å²) < 4.78 is 5.65. The maximum atomic E-state index is 5.65. The van der Waals surface area contributed by atoms with E-state index in [4.69, 9.17) is 14.4 Å². The zero-order valence-electron chi connectivity index (χ0n) is 15.4. The highest BCUT2D eigenvalue weighted by atomic mass is 16.3. The molecule has 2 N–H and O–H groups in total. The molecule has 5 nitrogen and oxygen atoms in total. The number of H-pyrrole nitrogens is 2. The number of nitrogens with zero attached hydrogens (tertiary/aromatic N) is 2. The average Bonchev–Trinajstić information content (AvgIpc) is 3.50. The van der Waals surface area contributed by atoms with Crippen LogP contribution in [0.5, 0.6) is 0 Å². The molecule has 0 aliphatic carbocycles. The Hall–Kier alpha value is -4.12. The molecule has 0 fully saturated rings. The molecule has 0 aromatic carbocycles. The molecular formula is C24H16N4O. The predicted octanol–water partition coefficient (Wildman–Crippen LogP) is 5.92. The molecular weight excluding hydrogens is 360 g/mol. The number of hydrogen-bond donors (Lipinski definition) is 2. The summed E-state index contributed by atoms with van der Waals surface area (Å²) in [5, 5.41) is 0. The number of hydrogen-bond acceptors (Lipinski definition) is 3. The van der Waals surface area contributed by atoms with Crippen LogP contribution in [0.3, 0.4) is 0 Å². The Balaban J connectivity index is 1.69. The maximum Gasteiger partial charge on any atom is 0.136 e. The Morgan fingerprint density at radius 3 is 1.86 bits per heavy atom. The first kappa shape index (κ1) is 15.9. The zero-order valence-corrected chi connectivity index (χ0v) is 15.4. The van der Waals surface area contributed by atoms with E-state index in [1.165, 1.54) is 0 Å². The molecule has 2 aliphatic rings. The van der Waals surface area contributed by atoms with Gasteiger partial charge in [-0.3, -0.25) is 0 Å². The first-order valence-corrected chi connectivity index (χ1v) is 9.41. The molecule has 0 saturated carbocycles. The molecule has 0 amide bonds. The van der Waals surface area contributed by atoms with E-state index in [9.17, 15) is 0 Å². The summed E-state index contributed by atoms with van der Waals surface area (Å²) in [5.41, 5.74) is 8.51. The van der Waals surface area contributed by atoms with E-state index in [-0.39, 0.29) is 0 Å². The number of furan rings is 1. The van der Waals surface area contributed by atoms with E-state index in [0.29, 0.717) is 0 Å². The molecule has 5 heteroatoms. The quantitative estimate of drug-likeness (QED) is 0.374. The Morgan fingerprint density at radius 1 is 0.621 bits per heavy atom. The van der Waals surface area contributed by atoms with Crippen molar-refractivity contribution in [2.75, 3.05) is 0 Å². The van der Waals surface area contributed by atoms with Crippen molar-refractivity contribution in [3.8, 4) is 11.3 Å². The van der Waals surface area contributed by atoms with E-state index < -0.39 is 0 Å². The van der Waals surface area contributed by atoms with Gasteiger partial charge < -0.3 is 14.4 Å². The highest BCUT2D eigenvalue weighted by Crippen LogP contribution is 2.28. The van der Waals surface area contributed by atoms with Crippen molar-refractivity contribution in [3.05, 3.63) is 83.6 Å². The van der Waals surface area contributed by atoms with Gasteiger partial charge in [0.25, 0.3) is 0 Å². The summed E-state index contributed by atoms with van der Waals surface area (Å²) in [6, 6.07) is 18.2. The number of fused-ring (bicyclic) bond motifs is 8. The van der Waals surface area contributed by atoms with Crippen LogP contribution in [0.4, 0.5) is 0 Å². The number of aromatic nitrogens is 4. The predicted molar refractivity (Wildman–Crippen MR) is 117 cm³/mol. The molecule has 0 atom stereocenters. The molecule has 8 bridgehead atoms. The van der Waals surface area contributed by atoms with Crippen molar-refractivity contribution >= 4 is 46.4 Å². The van der Waals surface area contributed by atoms with Gasteiger partial charge in [-0.1, -0.05) is 0 Å². The number of rotatable bonds is 1. The lowest BCUT2D eigenvalue weighted by molar-refractivity contribution is 0.583. The third-order valence-electron chi connectivity index (χ3n) is 4.96. The highest BCUT2D eigenvalue weighted by Gasteiger charge is 2.08. The first-order valence-electron chi connectivity index (χ1n) is 9.41. The summed E-state index contributed by atoms with van der Waals surface area (Å²) in [5.74, 6) is 0.812.